The van der Waals surface area contributed by atoms with Crippen molar-refractivity contribution in [1.82, 2.24) is 9.97 Å². The van der Waals surface area contributed by atoms with E-state index in [1.54, 1.807) is 0 Å². The van der Waals surface area contributed by atoms with Crippen LogP contribution in [0.5, 0.6) is 0 Å². The van der Waals surface area contributed by atoms with Crippen LogP contribution in [0, 0.1) is 3.70 Å². The number of nitrogens with one attached hydrogen (secondary N) is 1. The van der Waals surface area contributed by atoms with E-state index in [-0.39, 0.29) is 11.5 Å². The molecule has 0 amide bonds. The summed E-state index contributed by atoms with van der Waals surface area (Å²) in [5.41, 5.74) is 7.02. The Labute approximate surface area is 106 Å². The number of aromatic nitrogens is 2. The maximum absolute atomic E-state index is 11.7. The van der Waals surface area contributed by atoms with Gasteiger partial charge in [0, 0.05) is 6.42 Å². The van der Waals surface area contributed by atoms with E-state index in [2.05, 4.69) is 9.97 Å². The van der Waals surface area contributed by atoms with Crippen molar-refractivity contribution in [2.45, 2.75) is 6.42 Å². The molecule has 0 radical (unpaired) electrons. The van der Waals surface area contributed by atoms with Crippen molar-refractivity contribution in [3.8, 4) is 0 Å². The Morgan fingerprint density at radius 3 is 2.62 bits per heavy atom. The highest BCUT2D eigenvalue weighted by Gasteiger charge is 2.08. The average Bonchev–Trinajstić information content (AvgIpc) is 2.25. The Hall–Kier alpha value is -1.37. The zero-order valence-electron chi connectivity index (χ0n) is 8.40. The van der Waals surface area contributed by atoms with E-state index in [0.717, 1.165) is 5.56 Å². The van der Waals surface area contributed by atoms with Crippen LogP contribution < -0.4 is 11.3 Å². The monoisotopic (exact) mass is 327 g/mol. The number of anilines is 1. The summed E-state index contributed by atoms with van der Waals surface area (Å²) >= 11 is 2.03. The molecular formula is C11H10IN3O. The largest absolute Gasteiger partial charge is 0.369 e. The van der Waals surface area contributed by atoms with E-state index >= 15 is 0 Å². The van der Waals surface area contributed by atoms with Crippen molar-refractivity contribution >= 4 is 28.5 Å². The molecule has 4 nitrogen and oxygen atoms in total. The molecule has 0 saturated heterocycles. The first-order valence-electron chi connectivity index (χ1n) is 4.75. The molecule has 1 aromatic heterocycles. The molecule has 0 bridgehead atoms. The second-order valence-corrected chi connectivity index (χ2v) is 4.40. The standard InChI is InChI=1S/C11H10IN3O/c12-9-8(10(16)15-11(13)14-9)6-7-4-2-1-3-5-7/h1-5H,6H2,(H3,13,14,15,16). The van der Waals surface area contributed by atoms with Gasteiger partial charge in [0.2, 0.25) is 5.95 Å². The van der Waals surface area contributed by atoms with Crippen molar-refractivity contribution in [3.63, 3.8) is 0 Å². The maximum atomic E-state index is 11.7. The quantitative estimate of drug-likeness (QED) is 0.649. The third-order valence-electron chi connectivity index (χ3n) is 2.21. The summed E-state index contributed by atoms with van der Waals surface area (Å²) in [6.07, 6.45) is 0.571. The molecule has 0 aliphatic carbocycles. The van der Waals surface area contributed by atoms with Crippen LogP contribution in [0.3, 0.4) is 0 Å². The smallest absolute Gasteiger partial charge is 0.256 e. The summed E-state index contributed by atoms with van der Waals surface area (Å²) in [7, 11) is 0. The van der Waals surface area contributed by atoms with E-state index in [4.69, 9.17) is 5.73 Å². The van der Waals surface area contributed by atoms with Gasteiger partial charge in [0.1, 0.15) is 3.70 Å². The van der Waals surface area contributed by atoms with Gasteiger partial charge in [-0.05, 0) is 28.2 Å². The Morgan fingerprint density at radius 1 is 1.31 bits per heavy atom. The predicted molar refractivity (Wildman–Crippen MR) is 71.2 cm³/mol. The van der Waals surface area contributed by atoms with Crippen LogP contribution in [0.1, 0.15) is 11.1 Å². The zero-order valence-corrected chi connectivity index (χ0v) is 10.6. The number of hydrogen-bond acceptors (Lipinski definition) is 3. The Bertz CT molecular complexity index is 551. The molecule has 0 fully saturated rings. The summed E-state index contributed by atoms with van der Waals surface area (Å²) in [5, 5.41) is 0. The number of rotatable bonds is 2. The molecule has 2 aromatic rings. The second-order valence-electron chi connectivity index (χ2n) is 3.38. The van der Waals surface area contributed by atoms with Crippen molar-refractivity contribution in [1.29, 1.82) is 0 Å². The van der Waals surface area contributed by atoms with Crippen molar-refractivity contribution in [3.05, 3.63) is 55.5 Å². The number of hydrogen-bond donors (Lipinski definition) is 2. The summed E-state index contributed by atoms with van der Waals surface area (Å²) in [6.45, 7) is 0. The highest BCUT2D eigenvalue weighted by molar-refractivity contribution is 14.1. The van der Waals surface area contributed by atoms with Crippen molar-refractivity contribution < 1.29 is 0 Å². The van der Waals surface area contributed by atoms with Crippen LogP contribution in [0.4, 0.5) is 5.95 Å². The molecule has 0 spiro atoms. The van der Waals surface area contributed by atoms with Crippen LogP contribution in [-0.2, 0) is 6.42 Å². The van der Waals surface area contributed by atoms with Crippen LogP contribution in [0.15, 0.2) is 35.1 Å². The summed E-state index contributed by atoms with van der Waals surface area (Å²) in [5.74, 6) is 0.159. The minimum absolute atomic E-state index is 0.159. The van der Waals surface area contributed by atoms with Gasteiger partial charge in [-0.2, -0.15) is 0 Å². The number of benzene rings is 1. The minimum atomic E-state index is -0.166. The maximum Gasteiger partial charge on any atom is 0.256 e. The minimum Gasteiger partial charge on any atom is -0.369 e. The number of aromatic amines is 1. The molecule has 0 atom stereocenters. The highest BCUT2D eigenvalue weighted by atomic mass is 127. The number of nitrogens with two attached hydrogens (primary N) is 1. The zero-order chi connectivity index (χ0) is 11.5. The SMILES string of the molecule is Nc1nc(I)c(Cc2ccccc2)c(=O)[nH]1. The Balaban J connectivity index is 2.39. The summed E-state index contributed by atoms with van der Waals surface area (Å²) in [4.78, 5) is 18.2. The van der Waals surface area contributed by atoms with Gasteiger partial charge >= 0.3 is 0 Å². The second kappa shape index (κ2) is 4.65. The molecular weight excluding hydrogens is 317 g/mol. The first-order chi connectivity index (χ1) is 7.66. The molecule has 1 aromatic carbocycles. The molecule has 2 rings (SSSR count). The van der Waals surface area contributed by atoms with Crippen molar-refractivity contribution in [2.75, 3.05) is 5.73 Å². The lowest BCUT2D eigenvalue weighted by Crippen LogP contribution is -2.18. The summed E-state index contributed by atoms with van der Waals surface area (Å²) < 4.78 is 0.655. The lowest BCUT2D eigenvalue weighted by Gasteiger charge is -2.03. The van der Waals surface area contributed by atoms with Crippen molar-refractivity contribution in [2.24, 2.45) is 0 Å². The third kappa shape index (κ3) is 2.41. The lowest BCUT2D eigenvalue weighted by molar-refractivity contribution is 1.01. The number of H-pyrrole nitrogens is 1. The fraction of sp³-hybridized carbons (Fsp3) is 0.0909. The Kier molecular flexibility index (Phi) is 3.23. The van der Waals surface area contributed by atoms with Crippen LogP contribution >= 0.6 is 22.6 Å². The lowest BCUT2D eigenvalue weighted by atomic mass is 10.1. The van der Waals surface area contributed by atoms with Crippen LogP contribution in [-0.4, -0.2) is 9.97 Å². The third-order valence-corrected chi connectivity index (χ3v) is 3.10. The first kappa shape index (κ1) is 11.1. The van der Waals surface area contributed by atoms with Crippen LogP contribution in [0.2, 0.25) is 0 Å². The topological polar surface area (TPSA) is 71.8 Å². The molecule has 16 heavy (non-hydrogen) atoms. The Morgan fingerprint density at radius 2 is 2.00 bits per heavy atom. The number of halogens is 1. The molecule has 0 aliphatic heterocycles. The van der Waals surface area contributed by atoms with E-state index in [9.17, 15) is 4.79 Å². The average molecular weight is 327 g/mol. The van der Waals surface area contributed by atoms with Gasteiger partial charge in [-0.1, -0.05) is 30.3 Å². The fourth-order valence-electron chi connectivity index (χ4n) is 1.44. The predicted octanol–water partition coefficient (Wildman–Crippen LogP) is 1.55. The molecule has 5 heteroatoms. The van der Waals surface area contributed by atoms with E-state index in [1.807, 2.05) is 52.9 Å². The van der Waals surface area contributed by atoms with E-state index in [1.165, 1.54) is 0 Å². The number of nitrogens with zero attached hydrogens (tertiary/aromatic N) is 1. The van der Waals surface area contributed by atoms with Gasteiger partial charge in [0.25, 0.3) is 5.56 Å². The molecule has 3 N–H and O–H groups in total. The molecule has 82 valence electrons. The van der Waals surface area contributed by atoms with Gasteiger partial charge in [-0.3, -0.25) is 9.78 Å². The molecule has 0 aliphatic rings. The van der Waals surface area contributed by atoms with E-state index in [0.29, 0.717) is 15.7 Å². The summed E-state index contributed by atoms with van der Waals surface area (Å²) in [6, 6.07) is 9.79. The van der Waals surface area contributed by atoms with Gasteiger partial charge in [0.05, 0.1) is 5.56 Å². The van der Waals surface area contributed by atoms with Crippen LogP contribution in [0.25, 0.3) is 0 Å². The van der Waals surface area contributed by atoms with Gasteiger partial charge in [0.15, 0.2) is 0 Å². The van der Waals surface area contributed by atoms with Gasteiger partial charge < -0.3 is 5.73 Å². The highest BCUT2D eigenvalue weighted by Crippen LogP contribution is 2.11. The first-order valence-corrected chi connectivity index (χ1v) is 5.83. The van der Waals surface area contributed by atoms with Gasteiger partial charge in [-0.25, -0.2) is 4.98 Å². The van der Waals surface area contributed by atoms with E-state index < -0.39 is 0 Å². The normalized spacial score (nSPS) is 10.3. The molecule has 0 unspecified atom stereocenters. The molecule has 0 saturated carbocycles. The van der Waals surface area contributed by atoms with Gasteiger partial charge in [-0.15, -0.1) is 0 Å². The molecule has 1 heterocycles. The fourth-order valence-corrected chi connectivity index (χ4v) is 2.14. The number of nitrogen functional groups attached to an aromatic ring is 1.